The zero-order chi connectivity index (χ0) is 19.1. The Hall–Kier alpha value is -1.23. The van der Waals surface area contributed by atoms with Crippen molar-refractivity contribution in [2.75, 3.05) is 4.90 Å². The number of benzene rings is 2. The lowest BCUT2D eigenvalue weighted by atomic mass is 9.91. The van der Waals surface area contributed by atoms with Crippen LogP contribution in [0.3, 0.4) is 0 Å². The minimum atomic E-state index is -0.586. The SMILES string of the molecule is CC(C)(C)OC(=O)N1c2cc(Br)c(Cl)cc2CCC1c1cccc(Cl)c1. The predicted molar refractivity (Wildman–Crippen MR) is 110 cm³/mol. The zero-order valence-electron chi connectivity index (χ0n) is 14.9. The molecule has 3 nitrogen and oxygen atoms in total. The molecular weight excluding hydrogens is 437 g/mol. The normalized spacial score (nSPS) is 17.0. The number of nitrogens with zero attached hydrogens (tertiary/aromatic N) is 1. The van der Waals surface area contributed by atoms with Gasteiger partial charge < -0.3 is 4.74 Å². The van der Waals surface area contributed by atoms with E-state index in [1.54, 1.807) is 4.90 Å². The first-order valence-corrected chi connectivity index (χ1v) is 9.96. The van der Waals surface area contributed by atoms with Gasteiger partial charge in [-0.3, -0.25) is 4.90 Å². The molecule has 0 bridgehead atoms. The molecule has 3 rings (SSSR count). The Morgan fingerprint density at radius 1 is 1.23 bits per heavy atom. The summed E-state index contributed by atoms with van der Waals surface area (Å²) < 4.78 is 6.44. The van der Waals surface area contributed by atoms with Crippen LogP contribution in [0, 0.1) is 0 Å². The minimum Gasteiger partial charge on any atom is -0.443 e. The number of rotatable bonds is 1. The molecule has 1 atom stereocenters. The van der Waals surface area contributed by atoms with Crippen molar-refractivity contribution in [3.05, 3.63) is 62.0 Å². The van der Waals surface area contributed by atoms with E-state index in [1.807, 2.05) is 57.2 Å². The van der Waals surface area contributed by atoms with Crippen LogP contribution in [-0.4, -0.2) is 11.7 Å². The standard InChI is InChI=1S/C20H20BrCl2NO2/c1-20(2,3)26-19(25)24-17(12-5-4-6-14(22)9-12)8-7-13-10-16(23)15(21)11-18(13)24/h4-6,9-11,17H,7-8H2,1-3H3. The summed E-state index contributed by atoms with van der Waals surface area (Å²) >= 11 is 15.9. The highest BCUT2D eigenvalue weighted by molar-refractivity contribution is 9.10. The van der Waals surface area contributed by atoms with Crippen molar-refractivity contribution in [3.8, 4) is 0 Å². The molecule has 1 aliphatic heterocycles. The summed E-state index contributed by atoms with van der Waals surface area (Å²) in [6.07, 6.45) is 1.21. The maximum Gasteiger partial charge on any atom is 0.415 e. The molecule has 0 aliphatic carbocycles. The molecule has 0 fully saturated rings. The second kappa shape index (κ2) is 7.41. The van der Waals surface area contributed by atoms with Crippen LogP contribution in [0.15, 0.2) is 40.9 Å². The fraction of sp³-hybridized carbons (Fsp3) is 0.350. The third kappa shape index (κ3) is 4.19. The van der Waals surface area contributed by atoms with Gasteiger partial charge in [-0.2, -0.15) is 0 Å². The van der Waals surface area contributed by atoms with Crippen molar-refractivity contribution in [1.82, 2.24) is 0 Å². The molecular formula is C20H20BrCl2NO2. The molecule has 1 aliphatic rings. The fourth-order valence-corrected chi connectivity index (χ4v) is 3.87. The first-order chi connectivity index (χ1) is 12.2. The Morgan fingerprint density at radius 3 is 2.62 bits per heavy atom. The Morgan fingerprint density at radius 2 is 1.96 bits per heavy atom. The second-order valence-corrected chi connectivity index (χ2v) is 9.05. The van der Waals surface area contributed by atoms with Crippen LogP contribution in [0.25, 0.3) is 0 Å². The number of aryl methyl sites for hydroxylation is 1. The number of carbonyl (C=O) groups is 1. The minimum absolute atomic E-state index is 0.149. The largest absolute Gasteiger partial charge is 0.443 e. The van der Waals surface area contributed by atoms with E-state index in [9.17, 15) is 4.79 Å². The average Bonchev–Trinajstić information content (AvgIpc) is 2.53. The lowest BCUT2D eigenvalue weighted by Crippen LogP contribution is -2.42. The van der Waals surface area contributed by atoms with E-state index in [1.165, 1.54) is 0 Å². The van der Waals surface area contributed by atoms with Gasteiger partial charge in [0, 0.05) is 9.50 Å². The van der Waals surface area contributed by atoms with Gasteiger partial charge >= 0.3 is 6.09 Å². The Kier molecular flexibility index (Phi) is 5.57. The van der Waals surface area contributed by atoms with Gasteiger partial charge in [-0.15, -0.1) is 0 Å². The predicted octanol–water partition coefficient (Wildman–Crippen LogP) is 7.18. The van der Waals surface area contributed by atoms with Gasteiger partial charge in [0.1, 0.15) is 5.60 Å². The summed E-state index contributed by atoms with van der Waals surface area (Å²) in [5.41, 5.74) is 2.24. The van der Waals surface area contributed by atoms with E-state index >= 15 is 0 Å². The number of carbonyl (C=O) groups excluding carboxylic acids is 1. The van der Waals surface area contributed by atoms with Crippen LogP contribution in [0.2, 0.25) is 10.0 Å². The molecule has 0 spiro atoms. The number of ether oxygens (including phenoxy) is 1. The molecule has 1 amide bonds. The number of halogens is 3. The van der Waals surface area contributed by atoms with Crippen molar-refractivity contribution < 1.29 is 9.53 Å². The second-order valence-electron chi connectivity index (χ2n) is 7.35. The van der Waals surface area contributed by atoms with Gasteiger partial charge in [0.15, 0.2) is 0 Å². The maximum atomic E-state index is 13.1. The number of amides is 1. The Labute approximate surface area is 172 Å². The van der Waals surface area contributed by atoms with E-state index in [2.05, 4.69) is 15.9 Å². The quantitative estimate of drug-likeness (QED) is 0.454. The summed E-state index contributed by atoms with van der Waals surface area (Å²) in [6.45, 7) is 5.59. The van der Waals surface area contributed by atoms with Gasteiger partial charge in [-0.1, -0.05) is 35.3 Å². The van der Waals surface area contributed by atoms with Crippen molar-refractivity contribution in [1.29, 1.82) is 0 Å². The fourth-order valence-electron chi connectivity index (χ4n) is 3.16. The van der Waals surface area contributed by atoms with Gasteiger partial charge in [0.05, 0.1) is 16.8 Å². The van der Waals surface area contributed by atoms with E-state index in [4.69, 9.17) is 27.9 Å². The Bertz CT molecular complexity index is 848. The van der Waals surface area contributed by atoms with Gasteiger partial charge in [-0.05, 0) is 84.9 Å². The van der Waals surface area contributed by atoms with E-state index < -0.39 is 5.60 Å². The van der Waals surface area contributed by atoms with Gasteiger partial charge in [-0.25, -0.2) is 4.79 Å². The van der Waals surface area contributed by atoms with Crippen LogP contribution < -0.4 is 4.90 Å². The summed E-state index contributed by atoms with van der Waals surface area (Å²) in [6, 6.07) is 11.3. The van der Waals surface area contributed by atoms with Crippen LogP contribution in [0.4, 0.5) is 10.5 Å². The summed E-state index contributed by atoms with van der Waals surface area (Å²) in [4.78, 5) is 14.8. The van der Waals surface area contributed by atoms with Crippen molar-refractivity contribution in [2.45, 2.75) is 45.3 Å². The highest BCUT2D eigenvalue weighted by Crippen LogP contribution is 2.43. The van der Waals surface area contributed by atoms with E-state index in [0.29, 0.717) is 10.0 Å². The topological polar surface area (TPSA) is 29.5 Å². The molecule has 1 unspecified atom stereocenters. The monoisotopic (exact) mass is 455 g/mol. The van der Waals surface area contributed by atoms with E-state index in [0.717, 1.165) is 34.1 Å². The number of hydrogen-bond donors (Lipinski definition) is 0. The highest BCUT2D eigenvalue weighted by atomic mass is 79.9. The van der Waals surface area contributed by atoms with Gasteiger partial charge in [0.2, 0.25) is 0 Å². The number of fused-ring (bicyclic) bond motifs is 1. The molecule has 6 heteroatoms. The lowest BCUT2D eigenvalue weighted by molar-refractivity contribution is 0.0560. The zero-order valence-corrected chi connectivity index (χ0v) is 18.0. The van der Waals surface area contributed by atoms with Crippen molar-refractivity contribution >= 4 is 50.9 Å². The number of hydrogen-bond acceptors (Lipinski definition) is 2. The smallest absolute Gasteiger partial charge is 0.415 e. The number of anilines is 1. The third-order valence-corrected chi connectivity index (χ3v) is 5.64. The van der Waals surface area contributed by atoms with Gasteiger partial charge in [0.25, 0.3) is 0 Å². The van der Waals surface area contributed by atoms with Crippen molar-refractivity contribution in [3.63, 3.8) is 0 Å². The molecule has 0 N–H and O–H groups in total. The molecule has 2 aromatic rings. The van der Waals surface area contributed by atoms with Crippen LogP contribution >= 0.6 is 39.1 Å². The molecule has 0 saturated heterocycles. The first-order valence-electron chi connectivity index (χ1n) is 8.41. The first kappa shape index (κ1) is 19.5. The van der Waals surface area contributed by atoms with Crippen molar-refractivity contribution in [2.24, 2.45) is 0 Å². The molecule has 138 valence electrons. The van der Waals surface area contributed by atoms with Crippen LogP contribution in [-0.2, 0) is 11.2 Å². The summed E-state index contributed by atoms with van der Waals surface area (Å²) in [5, 5.41) is 1.28. The molecule has 0 aromatic heterocycles. The van der Waals surface area contributed by atoms with Crippen LogP contribution in [0.1, 0.15) is 44.4 Å². The third-order valence-electron chi connectivity index (χ3n) is 4.20. The van der Waals surface area contributed by atoms with E-state index in [-0.39, 0.29) is 12.1 Å². The summed E-state index contributed by atoms with van der Waals surface area (Å²) in [5.74, 6) is 0. The summed E-state index contributed by atoms with van der Waals surface area (Å²) in [7, 11) is 0. The lowest BCUT2D eigenvalue weighted by Gasteiger charge is -2.38. The van der Waals surface area contributed by atoms with Crippen LogP contribution in [0.5, 0.6) is 0 Å². The molecule has 26 heavy (non-hydrogen) atoms. The maximum absolute atomic E-state index is 13.1. The Balaban J connectivity index is 2.09. The average molecular weight is 457 g/mol. The molecule has 2 aromatic carbocycles. The molecule has 0 radical (unpaired) electrons. The highest BCUT2D eigenvalue weighted by Gasteiger charge is 2.35. The molecule has 1 heterocycles. The molecule has 0 saturated carbocycles.